The van der Waals surface area contributed by atoms with Crippen molar-refractivity contribution in [1.29, 1.82) is 0 Å². The molecule has 0 radical (unpaired) electrons. The van der Waals surface area contributed by atoms with Gasteiger partial charge in [0.15, 0.2) is 6.73 Å². The predicted octanol–water partition coefficient (Wildman–Crippen LogP) is 2.42. The molecule has 1 fully saturated rings. The molecule has 1 aliphatic rings. The van der Waals surface area contributed by atoms with Gasteiger partial charge in [-0.25, -0.2) is 18.0 Å². The van der Waals surface area contributed by atoms with Crippen LogP contribution in [0.4, 0.5) is 9.59 Å². The number of carbonyl (C=O) groups is 2. The number of fused-ring (bicyclic) bond motifs is 1. The number of hydrogen-bond donors (Lipinski definition) is 1. The van der Waals surface area contributed by atoms with E-state index in [4.69, 9.17) is 9.47 Å². The van der Waals surface area contributed by atoms with Crippen LogP contribution in [-0.4, -0.2) is 60.9 Å². The molecular weight excluding hydrogens is 466 g/mol. The van der Waals surface area contributed by atoms with E-state index in [1.807, 2.05) is 0 Å². The lowest BCUT2D eigenvalue weighted by molar-refractivity contribution is 0.0361. The molecule has 0 aliphatic carbocycles. The summed E-state index contributed by atoms with van der Waals surface area (Å²) in [6.07, 6.45) is 0.281. The highest BCUT2D eigenvalue weighted by molar-refractivity contribution is 7.89. The van der Waals surface area contributed by atoms with E-state index in [9.17, 15) is 22.8 Å². The monoisotopic (exact) mass is 495 g/mol. The topological polar surface area (TPSA) is 133 Å². The first-order valence-electron chi connectivity index (χ1n) is 10.8. The van der Waals surface area contributed by atoms with Crippen molar-refractivity contribution in [3.8, 4) is 0 Å². The molecule has 1 atom stereocenters. The Morgan fingerprint density at radius 2 is 1.88 bits per heavy atom. The minimum atomic E-state index is -3.94. The minimum Gasteiger partial charge on any atom is -0.444 e. The van der Waals surface area contributed by atoms with Crippen LogP contribution in [0, 0.1) is 0 Å². The molecule has 1 aliphatic heterocycles. The molecule has 34 heavy (non-hydrogen) atoms. The van der Waals surface area contributed by atoms with Gasteiger partial charge < -0.3 is 19.5 Å². The second-order valence-corrected chi connectivity index (χ2v) is 10.7. The van der Waals surface area contributed by atoms with E-state index in [2.05, 4.69) is 10.1 Å². The van der Waals surface area contributed by atoms with Gasteiger partial charge in [0, 0.05) is 36.1 Å². The van der Waals surface area contributed by atoms with Crippen molar-refractivity contribution in [3.05, 3.63) is 40.8 Å². The summed E-state index contributed by atoms with van der Waals surface area (Å²) in [4.78, 5) is 36.3. The number of amides is 1. The number of aromatic nitrogens is 1. The number of nitrogens with zero attached hydrogens (tertiary/aromatic N) is 2. The van der Waals surface area contributed by atoms with Crippen molar-refractivity contribution in [2.24, 2.45) is 0 Å². The Kier molecular flexibility index (Phi) is 7.51. The number of nitrogens with one attached hydrogen (secondary N) is 1. The summed E-state index contributed by atoms with van der Waals surface area (Å²) >= 11 is 0. The molecule has 186 valence electrons. The van der Waals surface area contributed by atoms with Gasteiger partial charge in [0.25, 0.3) is 5.56 Å². The molecule has 2 aromatic rings. The molecule has 1 saturated heterocycles. The van der Waals surface area contributed by atoms with Gasteiger partial charge >= 0.3 is 12.2 Å². The first-order valence-corrected chi connectivity index (χ1v) is 12.3. The van der Waals surface area contributed by atoms with Crippen molar-refractivity contribution in [2.75, 3.05) is 19.7 Å². The fourth-order valence-corrected chi connectivity index (χ4v) is 5.28. The van der Waals surface area contributed by atoms with Crippen LogP contribution >= 0.6 is 0 Å². The maximum absolute atomic E-state index is 13.4. The van der Waals surface area contributed by atoms with Gasteiger partial charge in [-0.15, -0.1) is 0 Å². The van der Waals surface area contributed by atoms with E-state index in [1.54, 1.807) is 27.7 Å². The third-order valence-corrected chi connectivity index (χ3v) is 6.98. The number of alkyl carbamates (subject to hydrolysis) is 1. The second-order valence-electron chi connectivity index (χ2n) is 8.76. The third-order valence-electron chi connectivity index (χ3n) is 5.05. The van der Waals surface area contributed by atoms with E-state index < -0.39 is 39.5 Å². The van der Waals surface area contributed by atoms with E-state index >= 15 is 0 Å². The smallest absolute Gasteiger partial charge is 0.444 e. The van der Waals surface area contributed by atoms with E-state index in [0.717, 1.165) is 4.57 Å². The Labute approximate surface area is 197 Å². The van der Waals surface area contributed by atoms with E-state index in [0.29, 0.717) is 6.42 Å². The number of hydrogen-bond acceptors (Lipinski definition) is 8. The Morgan fingerprint density at radius 1 is 1.15 bits per heavy atom. The van der Waals surface area contributed by atoms with Crippen molar-refractivity contribution >= 4 is 33.0 Å². The van der Waals surface area contributed by atoms with Crippen molar-refractivity contribution in [3.63, 3.8) is 0 Å². The maximum atomic E-state index is 13.4. The lowest BCUT2D eigenvalue weighted by Crippen LogP contribution is -2.41. The summed E-state index contributed by atoms with van der Waals surface area (Å²) in [6.45, 7) is 6.93. The fourth-order valence-electron chi connectivity index (χ4n) is 3.58. The van der Waals surface area contributed by atoms with Gasteiger partial charge in [-0.05, 0) is 52.3 Å². The van der Waals surface area contributed by atoms with Crippen LogP contribution in [0.3, 0.4) is 0 Å². The van der Waals surface area contributed by atoms with Gasteiger partial charge in [-0.1, -0.05) is 6.07 Å². The Morgan fingerprint density at radius 3 is 2.56 bits per heavy atom. The summed E-state index contributed by atoms with van der Waals surface area (Å²) in [5, 5.41) is 3.12. The van der Waals surface area contributed by atoms with E-state index in [-0.39, 0.29) is 42.1 Å². The lowest BCUT2D eigenvalue weighted by Gasteiger charge is -2.22. The van der Waals surface area contributed by atoms with Crippen molar-refractivity contribution < 1.29 is 32.2 Å². The van der Waals surface area contributed by atoms with Crippen LogP contribution in [0.1, 0.15) is 34.1 Å². The largest absolute Gasteiger partial charge is 0.510 e. The van der Waals surface area contributed by atoms with Crippen LogP contribution in [0.15, 0.2) is 40.2 Å². The standard InChI is InChI=1S/C22H29N3O8S/c1-5-31-21(28)32-14-24-11-10-16-17(19(24)26)7-6-8-18(16)34(29,30)25-12-9-15(13-25)23-20(27)33-22(2,3)4/h6-8,10-11,15H,5,9,12-14H2,1-4H3,(H,23,27). The van der Waals surface area contributed by atoms with Gasteiger partial charge in [0.05, 0.1) is 11.5 Å². The normalized spacial score (nSPS) is 16.9. The Hall–Kier alpha value is -3.12. The molecule has 0 saturated carbocycles. The minimum absolute atomic E-state index is 0.0153. The third kappa shape index (κ3) is 5.86. The molecule has 1 amide bonds. The van der Waals surface area contributed by atoms with E-state index in [1.165, 1.54) is 34.8 Å². The number of rotatable bonds is 6. The zero-order valence-corrected chi connectivity index (χ0v) is 20.4. The molecule has 1 unspecified atom stereocenters. The van der Waals surface area contributed by atoms with Gasteiger partial charge in [-0.2, -0.15) is 4.31 Å². The molecule has 1 aromatic carbocycles. The summed E-state index contributed by atoms with van der Waals surface area (Å²) in [7, 11) is -3.94. The van der Waals surface area contributed by atoms with Crippen molar-refractivity contribution in [1.82, 2.24) is 14.2 Å². The maximum Gasteiger partial charge on any atom is 0.510 e. The highest BCUT2D eigenvalue weighted by Gasteiger charge is 2.35. The summed E-state index contributed by atoms with van der Waals surface area (Å²) < 4.78 is 44.0. The molecule has 1 aromatic heterocycles. The summed E-state index contributed by atoms with van der Waals surface area (Å²) in [5.41, 5.74) is -1.17. The zero-order valence-electron chi connectivity index (χ0n) is 19.6. The highest BCUT2D eigenvalue weighted by Crippen LogP contribution is 2.27. The summed E-state index contributed by atoms with van der Waals surface area (Å²) in [5.74, 6) is 0. The van der Waals surface area contributed by atoms with Crippen molar-refractivity contribution in [2.45, 2.75) is 57.4 Å². The number of ether oxygens (including phenoxy) is 3. The quantitative estimate of drug-likeness (QED) is 0.604. The van der Waals surface area contributed by atoms with Crippen LogP contribution in [-0.2, 0) is 31.0 Å². The molecule has 0 spiro atoms. The fraction of sp³-hybridized carbons (Fsp3) is 0.500. The van der Waals surface area contributed by atoms with Gasteiger partial charge in [0.2, 0.25) is 10.0 Å². The summed E-state index contributed by atoms with van der Waals surface area (Å²) in [6, 6.07) is 5.53. The Balaban J connectivity index is 1.80. The number of pyridine rings is 1. The SMILES string of the molecule is CCOC(=O)OCn1ccc2c(S(=O)(=O)N3CCC(NC(=O)OC(C)(C)C)C3)cccc2c1=O. The number of carbonyl (C=O) groups excluding carboxylic acids is 2. The molecule has 0 bridgehead atoms. The number of benzene rings is 1. The van der Waals surface area contributed by atoms with Crippen LogP contribution in [0.2, 0.25) is 0 Å². The first-order chi connectivity index (χ1) is 15.9. The average molecular weight is 496 g/mol. The average Bonchev–Trinajstić information content (AvgIpc) is 3.21. The lowest BCUT2D eigenvalue weighted by atomic mass is 10.2. The zero-order chi connectivity index (χ0) is 25.1. The molecular formula is C22H29N3O8S. The molecule has 3 rings (SSSR count). The predicted molar refractivity (Wildman–Crippen MR) is 123 cm³/mol. The van der Waals surface area contributed by atoms with Gasteiger partial charge in [0.1, 0.15) is 5.60 Å². The second kappa shape index (κ2) is 10.0. The van der Waals surface area contributed by atoms with Crippen LogP contribution in [0.5, 0.6) is 0 Å². The van der Waals surface area contributed by atoms with Crippen LogP contribution in [0.25, 0.3) is 10.8 Å². The first kappa shape index (κ1) is 25.5. The molecule has 2 heterocycles. The molecule has 12 heteroatoms. The molecule has 1 N–H and O–H groups in total. The van der Waals surface area contributed by atoms with Gasteiger partial charge in [-0.3, -0.25) is 9.36 Å². The molecule has 11 nitrogen and oxygen atoms in total. The Bertz CT molecular complexity index is 1230. The van der Waals surface area contributed by atoms with Crippen LogP contribution < -0.4 is 10.9 Å². The number of sulfonamides is 1. The highest BCUT2D eigenvalue weighted by atomic mass is 32.2.